The Morgan fingerprint density at radius 2 is 1.59 bits per heavy atom. The van der Waals surface area contributed by atoms with Crippen LogP contribution >= 0.6 is 0 Å². The van der Waals surface area contributed by atoms with Crippen LogP contribution in [-0.2, 0) is 25.5 Å². The van der Waals surface area contributed by atoms with E-state index < -0.39 is 5.97 Å². The Morgan fingerprint density at radius 3 is 2.34 bits per heavy atom. The van der Waals surface area contributed by atoms with Crippen LogP contribution in [0.25, 0.3) is 0 Å². The molecule has 6 unspecified atom stereocenters. The third kappa shape index (κ3) is 4.97. The first-order valence-corrected chi connectivity index (χ1v) is 10.7. The van der Waals surface area contributed by atoms with Gasteiger partial charge in [0.1, 0.15) is 12.2 Å². The molecular formula is C22H30N2O5. The van der Waals surface area contributed by atoms with Gasteiger partial charge in [-0.25, -0.2) is 5.43 Å². The molecule has 3 heterocycles. The van der Waals surface area contributed by atoms with E-state index in [4.69, 9.17) is 14.6 Å². The Morgan fingerprint density at radius 1 is 0.897 bits per heavy atom. The van der Waals surface area contributed by atoms with E-state index in [1.165, 1.54) is 0 Å². The number of aliphatic carboxylic acids is 1. The molecule has 29 heavy (non-hydrogen) atoms. The fraction of sp³-hybridized carbons (Fsp3) is 0.636. The normalized spacial score (nSPS) is 31.4. The summed E-state index contributed by atoms with van der Waals surface area (Å²) in [5.41, 5.74) is 6.94. The van der Waals surface area contributed by atoms with Gasteiger partial charge in [-0.05, 0) is 24.3 Å². The van der Waals surface area contributed by atoms with Gasteiger partial charge in [-0.1, -0.05) is 49.6 Å². The monoisotopic (exact) mass is 402 g/mol. The second-order valence-corrected chi connectivity index (χ2v) is 8.40. The Kier molecular flexibility index (Phi) is 6.47. The van der Waals surface area contributed by atoms with Crippen molar-refractivity contribution in [2.45, 2.75) is 69.4 Å². The lowest BCUT2D eigenvalue weighted by Gasteiger charge is -2.26. The average molecular weight is 402 g/mol. The van der Waals surface area contributed by atoms with Gasteiger partial charge in [-0.3, -0.25) is 15.0 Å². The van der Waals surface area contributed by atoms with Crippen LogP contribution in [0.2, 0.25) is 0 Å². The van der Waals surface area contributed by atoms with Crippen molar-refractivity contribution in [3.8, 4) is 0 Å². The van der Waals surface area contributed by atoms with Gasteiger partial charge in [0.15, 0.2) is 0 Å². The molecule has 3 saturated heterocycles. The zero-order valence-electron chi connectivity index (χ0n) is 16.6. The van der Waals surface area contributed by atoms with E-state index in [1.54, 1.807) is 0 Å². The minimum atomic E-state index is -0.719. The van der Waals surface area contributed by atoms with Crippen LogP contribution in [0.1, 0.15) is 44.1 Å². The summed E-state index contributed by atoms with van der Waals surface area (Å²) in [5, 5.41) is 8.72. The number of hydrogen-bond donors (Lipinski definition) is 3. The maximum atomic E-state index is 12.1. The summed E-state index contributed by atoms with van der Waals surface area (Å²) in [5.74, 6) is 0.00113. The van der Waals surface area contributed by atoms with E-state index in [9.17, 15) is 9.59 Å². The van der Waals surface area contributed by atoms with Crippen molar-refractivity contribution in [1.82, 2.24) is 10.9 Å². The predicted octanol–water partition coefficient (Wildman–Crippen LogP) is 2.06. The molecule has 7 nitrogen and oxygen atoms in total. The van der Waals surface area contributed by atoms with Crippen LogP contribution in [0.5, 0.6) is 0 Å². The first-order chi connectivity index (χ1) is 14.1. The summed E-state index contributed by atoms with van der Waals surface area (Å²) in [7, 11) is 0. The Labute approximate surface area is 171 Å². The number of carbonyl (C=O) groups excluding carboxylic acids is 1. The molecule has 3 aliphatic rings. The molecule has 2 bridgehead atoms. The number of epoxide rings is 1. The largest absolute Gasteiger partial charge is 0.481 e. The van der Waals surface area contributed by atoms with Gasteiger partial charge in [-0.2, -0.15) is 0 Å². The zero-order chi connectivity index (χ0) is 20.2. The number of carbonyl (C=O) groups is 2. The number of hydrogen-bond acceptors (Lipinski definition) is 5. The first-order valence-electron chi connectivity index (χ1n) is 10.7. The Bertz CT molecular complexity index is 712. The second-order valence-electron chi connectivity index (χ2n) is 8.40. The molecule has 0 spiro atoms. The maximum absolute atomic E-state index is 12.1. The summed E-state index contributed by atoms with van der Waals surface area (Å²) in [6.45, 7) is 0.679. The molecule has 4 rings (SSSR count). The zero-order valence-corrected chi connectivity index (χ0v) is 16.6. The van der Waals surface area contributed by atoms with Crippen LogP contribution < -0.4 is 10.9 Å². The van der Waals surface area contributed by atoms with Gasteiger partial charge >= 0.3 is 5.97 Å². The van der Waals surface area contributed by atoms with Gasteiger partial charge in [0.25, 0.3) is 0 Å². The number of fused-ring (bicyclic) bond motifs is 5. The van der Waals surface area contributed by atoms with Crippen LogP contribution in [0.3, 0.4) is 0 Å². The number of hydrazine groups is 1. The highest BCUT2D eigenvalue weighted by Crippen LogP contribution is 2.54. The molecule has 0 aromatic heterocycles. The van der Waals surface area contributed by atoms with E-state index in [0.717, 1.165) is 37.7 Å². The standard InChI is InChI=1S/C22H30N2O5/c25-17(12-14-8-4-3-5-9-14)24-23-13-16-15(10-6-1-2-7-11-18(26)27)19-21-22(29-21)20(16)28-19/h3-5,8-9,15-16,19-23H,1-2,6-7,10-13H2,(H,24,25)(H,26,27). The molecule has 0 saturated carbocycles. The van der Waals surface area contributed by atoms with Gasteiger partial charge in [0, 0.05) is 18.9 Å². The minimum Gasteiger partial charge on any atom is -0.481 e. The third-order valence-corrected chi connectivity index (χ3v) is 6.37. The molecule has 0 aliphatic carbocycles. The second kappa shape index (κ2) is 9.24. The van der Waals surface area contributed by atoms with E-state index in [0.29, 0.717) is 24.8 Å². The Hall–Kier alpha value is -1.96. The number of benzene rings is 1. The molecule has 158 valence electrons. The SMILES string of the molecule is O=C(O)CCCCCCC1C(CNNC(=O)Cc2ccccc2)C2OC1C1OC21. The minimum absolute atomic E-state index is 0.0456. The summed E-state index contributed by atoms with van der Waals surface area (Å²) in [6.07, 6.45) is 6.29. The van der Waals surface area contributed by atoms with Crippen molar-refractivity contribution in [3.05, 3.63) is 35.9 Å². The quantitative estimate of drug-likeness (QED) is 0.281. The highest BCUT2D eigenvalue weighted by molar-refractivity contribution is 5.78. The molecular weight excluding hydrogens is 372 g/mol. The van der Waals surface area contributed by atoms with Crippen molar-refractivity contribution < 1.29 is 24.2 Å². The molecule has 3 N–H and O–H groups in total. The van der Waals surface area contributed by atoms with Crippen molar-refractivity contribution in [1.29, 1.82) is 0 Å². The molecule has 1 amide bonds. The van der Waals surface area contributed by atoms with Gasteiger partial charge < -0.3 is 14.6 Å². The van der Waals surface area contributed by atoms with Crippen LogP contribution in [0.4, 0.5) is 0 Å². The van der Waals surface area contributed by atoms with Crippen LogP contribution in [0.15, 0.2) is 30.3 Å². The van der Waals surface area contributed by atoms with E-state index in [1.807, 2.05) is 30.3 Å². The molecule has 3 aliphatic heterocycles. The topological polar surface area (TPSA) is 100 Å². The predicted molar refractivity (Wildman–Crippen MR) is 106 cm³/mol. The summed E-state index contributed by atoms with van der Waals surface area (Å²) in [6, 6.07) is 9.69. The van der Waals surface area contributed by atoms with Gasteiger partial charge in [0.05, 0.1) is 18.6 Å². The van der Waals surface area contributed by atoms with E-state index in [2.05, 4.69) is 10.9 Å². The van der Waals surface area contributed by atoms with Crippen LogP contribution in [0, 0.1) is 11.8 Å². The fourth-order valence-electron chi connectivity index (χ4n) is 4.93. The molecule has 7 heteroatoms. The lowest BCUT2D eigenvalue weighted by atomic mass is 9.76. The van der Waals surface area contributed by atoms with E-state index in [-0.39, 0.29) is 36.7 Å². The lowest BCUT2D eigenvalue weighted by molar-refractivity contribution is -0.137. The Balaban J connectivity index is 1.19. The van der Waals surface area contributed by atoms with Crippen molar-refractivity contribution >= 4 is 11.9 Å². The molecule has 1 aromatic rings. The van der Waals surface area contributed by atoms with Crippen molar-refractivity contribution in [2.24, 2.45) is 11.8 Å². The van der Waals surface area contributed by atoms with Crippen LogP contribution in [-0.4, -0.2) is 47.9 Å². The third-order valence-electron chi connectivity index (χ3n) is 6.37. The molecule has 1 aromatic carbocycles. The first kappa shape index (κ1) is 20.3. The summed E-state index contributed by atoms with van der Waals surface area (Å²) < 4.78 is 11.9. The number of rotatable bonds is 12. The number of carboxylic acids is 1. The number of unbranched alkanes of at least 4 members (excludes halogenated alkanes) is 3. The summed E-state index contributed by atoms with van der Waals surface area (Å²) >= 11 is 0. The molecule has 6 atom stereocenters. The highest BCUT2D eigenvalue weighted by Gasteiger charge is 2.68. The number of ether oxygens (including phenoxy) is 2. The van der Waals surface area contributed by atoms with Gasteiger partial charge in [-0.15, -0.1) is 0 Å². The fourth-order valence-corrected chi connectivity index (χ4v) is 4.93. The smallest absolute Gasteiger partial charge is 0.303 e. The van der Waals surface area contributed by atoms with E-state index >= 15 is 0 Å². The van der Waals surface area contributed by atoms with Gasteiger partial charge in [0.2, 0.25) is 5.91 Å². The highest BCUT2D eigenvalue weighted by atomic mass is 16.7. The number of amides is 1. The van der Waals surface area contributed by atoms with Crippen molar-refractivity contribution in [2.75, 3.05) is 6.54 Å². The lowest BCUT2D eigenvalue weighted by Crippen LogP contribution is -2.46. The van der Waals surface area contributed by atoms with Crippen molar-refractivity contribution in [3.63, 3.8) is 0 Å². The number of nitrogens with one attached hydrogen (secondary N) is 2. The summed E-state index contributed by atoms with van der Waals surface area (Å²) in [4.78, 5) is 22.7. The number of carboxylic acid groups (broad SMARTS) is 1. The maximum Gasteiger partial charge on any atom is 0.303 e. The average Bonchev–Trinajstić information content (AvgIpc) is 3.33. The molecule has 3 fully saturated rings. The molecule has 0 radical (unpaired) electrons.